The standard InChI is InChI=1S/C10H19O2P/c11-13-12-9-5-1-2-6-10(9)7-3-4-8-10/h9H,1-8,13H2. The molecule has 2 unspecified atom stereocenters. The summed E-state index contributed by atoms with van der Waals surface area (Å²) in [6, 6.07) is 0. The maximum Gasteiger partial charge on any atom is 0.106 e. The topological polar surface area (TPSA) is 32.3 Å². The van der Waals surface area contributed by atoms with Crippen LogP contribution in [0.2, 0.25) is 0 Å². The molecule has 0 aromatic heterocycles. The van der Waals surface area contributed by atoms with E-state index >= 15 is 0 Å². The lowest BCUT2D eigenvalue weighted by molar-refractivity contribution is -0.178. The highest BCUT2D eigenvalue weighted by Crippen LogP contribution is 2.51. The van der Waals surface area contributed by atoms with Gasteiger partial charge in [0.15, 0.2) is 0 Å². The van der Waals surface area contributed by atoms with Crippen molar-refractivity contribution in [3.63, 3.8) is 0 Å². The van der Waals surface area contributed by atoms with Gasteiger partial charge in [-0.3, -0.25) is 0 Å². The Labute approximate surface area is 82.0 Å². The SMILES string of the molecule is [O-][PH2+]OC1CCCCC12CCCC2. The van der Waals surface area contributed by atoms with Crippen LogP contribution in [0.3, 0.4) is 0 Å². The van der Waals surface area contributed by atoms with Gasteiger partial charge in [-0.25, -0.2) is 4.52 Å². The predicted octanol–water partition coefficient (Wildman–Crippen LogP) is 2.11. The molecule has 0 radical (unpaired) electrons. The second kappa shape index (κ2) is 4.25. The van der Waals surface area contributed by atoms with Crippen LogP contribution in [0.25, 0.3) is 0 Å². The molecule has 2 aliphatic carbocycles. The molecule has 0 aromatic carbocycles. The molecular formula is C10H19O2P. The van der Waals surface area contributed by atoms with E-state index in [1.54, 1.807) is 0 Å². The Hall–Kier alpha value is 0.350. The van der Waals surface area contributed by atoms with Crippen LogP contribution < -0.4 is 4.89 Å². The van der Waals surface area contributed by atoms with E-state index in [1.807, 2.05) is 0 Å². The normalized spacial score (nSPS) is 33.5. The molecule has 0 N–H and O–H groups in total. The van der Waals surface area contributed by atoms with E-state index in [4.69, 9.17) is 4.52 Å². The van der Waals surface area contributed by atoms with Crippen molar-refractivity contribution in [1.82, 2.24) is 0 Å². The van der Waals surface area contributed by atoms with Gasteiger partial charge in [0.2, 0.25) is 0 Å². The first-order valence-electron chi connectivity index (χ1n) is 5.46. The van der Waals surface area contributed by atoms with E-state index in [0.717, 1.165) is 6.42 Å². The van der Waals surface area contributed by atoms with Gasteiger partial charge in [-0.15, -0.1) is 0 Å². The van der Waals surface area contributed by atoms with E-state index < -0.39 is 9.03 Å². The van der Waals surface area contributed by atoms with Crippen LogP contribution >= 0.6 is 9.03 Å². The molecule has 2 aliphatic rings. The van der Waals surface area contributed by atoms with Crippen LogP contribution in [0.4, 0.5) is 0 Å². The average molecular weight is 202 g/mol. The zero-order chi connectivity index (χ0) is 9.15. The molecule has 0 aromatic rings. The minimum atomic E-state index is -1.00. The quantitative estimate of drug-likeness (QED) is 0.642. The van der Waals surface area contributed by atoms with Gasteiger partial charge in [0.05, 0.1) is 9.03 Å². The number of hydrogen-bond acceptors (Lipinski definition) is 2. The first-order valence-corrected chi connectivity index (χ1v) is 6.41. The molecule has 13 heavy (non-hydrogen) atoms. The smallest absolute Gasteiger partial charge is 0.106 e. The molecule has 2 nitrogen and oxygen atoms in total. The molecule has 2 saturated carbocycles. The van der Waals surface area contributed by atoms with Crippen molar-refractivity contribution in [1.29, 1.82) is 0 Å². The summed E-state index contributed by atoms with van der Waals surface area (Å²) in [6.45, 7) is 0. The summed E-state index contributed by atoms with van der Waals surface area (Å²) in [5.41, 5.74) is 0.440. The average Bonchev–Trinajstić information content (AvgIpc) is 2.59. The largest absolute Gasteiger partial charge is 0.659 e. The molecule has 1 spiro atoms. The van der Waals surface area contributed by atoms with Gasteiger partial charge >= 0.3 is 0 Å². The van der Waals surface area contributed by atoms with Crippen LogP contribution in [-0.2, 0) is 4.52 Å². The molecular weight excluding hydrogens is 183 g/mol. The van der Waals surface area contributed by atoms with E-state index in [0.29, 0.717) is 11.5 Å². The fourth-order valence-corrected chi connectivity index (χ4v) is 3.76. The van der Waals surface area contributed by atoms with Crippen molar-refractivity contribution in [3.05, 3.63) is 0 Å². The lowest BCUT2D eigenvalue weighted by Crippen LogP contribution is -2.36. The van der Waals surface area contributed by atoms with Gasteiger partial charge in [-0.2, -0.15) is 0 Å². The van der Waals surface area contributed by atoms with Crippen molar-refractivity contribution in [2.45, 2.75) is 57.5 Å². The zero-order valence-corrected chi connectivity index (χ0v) is 9.28. The van der Waals surface area contributed by atoms with Crippen molar-refractivity contribution >= 4 is 9.03 Å². The summed E-state index contributed by atoms with van der Waals surface area (Å²) < 4.78 is 5.45. The van der Waals surface area contributed by atoms with Crippen LogP contribution in [0, 0.1) is 5.41 Å². The van der Waals surface area contributed by atoms with E-state index in [9.17, 15) is 4.89 Å². The molecule has 0 heterocycles. The van der Waals surface area contributed by atoms with Crippen molar-refractivity contribution in [3.8, 4) is 0 Å². The van der Waals surface area contributed by atoms with Crippen LogP contribution in [0.15, 0.2) is 0 Å². The third-order valence-corrected chi connectivity index (χ3v) is 4.33. The third-order valence-electron chi connectivity index (χ3n) is 3.89. The first-order chi connectivity index (χ1) is 6.37. The Kier molecular flexibility index (Phi) is 3.23. The summed E-state index contributed by atoms with van der Waals surface area (Å²) in [5.74, 6) is 0. The third kappa shape index (κ3) is 1.91. The second-order valence-corrected chi connectivity index (χ2v) is 5.00. The van der Waals surface area contributed by atoms with Crippen molar-refractivity contribution in [2.75, 3.05) is 0 Å². The Morgan fingerprint density at radius 3 is 2.31 bits per heavy atom. The van der Waals surface area contributed by atoms with E-state index in [1.165, 1.54) is 44.9 Å². The Bertz CT molecular complexity index is 164. The van der Waals surface area contributed by atoms with Gasteiger partial charge in [0.1, 0.15) is 6.10 Å². The highest BCUT2D eigenvalue weighted by molar-refractivity contribution is 7.23. The summed E-state index contributed by atoms with van der Waals surface area (Å²) in [5, 5.41) is 0. The lowest BCUT2D eigenvalue weighted by Gasteiger charge is -2.39. The second-order valence-electron chi connectivity index (χ2n) is 4.54. The molecule has 2 atom stereocenters. The van der Waals surface area contributed by atoms with E-state index in [-0.39, 0.29) is 0 Å². The van der Waals surface area contributed by atoms with E-state index in [2.05, 4.69) is 0 Å². The maximum atomic E-state index is 10.6. The summed E-state index contributed by atoms with van der Waals surface area (Å²) in [6.07, 6.45) is 10.8. The van der Waals surface area contributed by atoms with Crippen molar-refractivity contribution in [2.24, 2.45) is 5.41 Å². The minimum absolute atomic E-state index is 0.330. The van der Waals surface area contributed by atoms with Gasteiger partial charge in [-0.1, -0.05) is 25.7 Å². The van der Waals surface area contributed by atoms with Gasteiger partial charge in [0.25, 0.3) is 0 Å². The summed E-state index contributed by atoms with van der Waals surface area (Å²) in [4.78, 5) is 10.6. The predicted molar refractivity (Wildman–Crippen MR) is 54.0 cm³/mol. The molecule has 3 heteroatoms. The highest BCUT2D eigenvalue weighted by atomic mass is 31.1. The molecule has 76 valence electrons. The molecule has 0 aliphatic heterocycles. The Morgan fingerprint density at radius 1 is 1.08 bits per heavy atom. The molecule has 2 rings (SSSR count). The fourth-order valence-electron chi connectivity index (χ4n) is 3.20. The number of rotatable bonds is 2. The van der Waals surface area contributed by atoms with Gasteiger partial charge < -0.3 is 4.89 Å². The monoisotopic (exact) mass is 202 g/mol. The first kappa shape index (κ1) is 9.89. The van der Waals surface area contributed by atoms with Crippen LogP contribution in [0.5, 0.6) is 0 Å². The molecule has 0 bridgehead atoms. The van der Waals surface area contributed by atoms with Crippen LogP contribution in [-0.4, -0.2) is 6.10 Å². The Balaban J connectivity index is 2.03. The summed E-state index contributed by atoms with van der Waals surface area (Å²) >= 11 is 0. The fraction of sp³-hybridized carbons (Fsp3) is 1.00. The van der Waals surface area contributed by atoms with Crippen LogP contribution in [0.1, 0.15) is 51.4 Å². The lowest BCUT2D eigenvalue weighted by atomic mass is 9.71. The summed E-state index contributed by atoms with van der Waals surface area (Å²) in [7, 11) is -1.00. The molecule has 2 fully saturated rings. The maximum absolute atomic E-state index is 10.6. The zero-order valence-electron chi connectivity index (χ0n) is 8.13. The van der Waals surface area contributed by atoms with Gasteiger partial charge in [0, 0.05) is 5.41 Å². The molecule has 0 saturated heterocycles. The number of hydrogen-bond donors (Lipinski definition) is 0. The highest BCUT2D eigenvalue weighted by Gasteiger charge is 2.44. The van der Waals surface area contributed by atoms with Crippen molar-refractivity contribution < 1.29 is 9.42 Å². The Morgan fingerprint density at radius 2 is 1.69 bits per heavy atom. The minimum Gasteiger partial charge on any atom is -0.659 e. The van der Waals surface area contributed by atoms with Gasteiger partial charge in [-0.05, 0) is 25.7 Å². The molecule has 0 amide bonds.